The van der Waals surface area contributed by atoms with Crippen molar-refractivity contribution in [1.29, 1.82) is 0 Å². The average Bonchev–Trinajstić information content (AvgIpc) is 3.82. The smallest absolute Gasteiger partial charge is 0.0547 e. The van der Waals surface area contributed by atoms with Crippen LogP contribution in [0.4, 0.5) is 17.1 Å². The molecule has 3 heteroatoms. The topological polar surface area (TPSA) is 8.17 Å². The third-order valence-corrected chi connectivity index (χ3v) is 12.6. The van der Waals surface area contributed by atoms with Crippen molar-refractivity contribution >= 4 is 87.2 Å². The van der Waals surface area contributed by atoms with Crippen LogP contribution < -0.4 is 4.90 Å². The van der Waals surface area contributed by atoms with E-state index in [1.807, 2.05) is 17.4 Å². The molecule has 0 amide bonds. The maximum absolute atomic E-state index is 3.89. The van der Waals surface area contributed by atoms with Crippen LogP contribution in [0.2, 0.25) is 0 Å². The Kier molecular flexibility index (Phi) is 7.87. The van der Waals surface area contributed by atoms with Crippen LogP contribution in [-0.4, -0.2) is 4.57 Å². The van der Waals surface area contributed by atoms with Crippen LogP contribution in [0.25, 0.3) is 86.8 Å². The lowest BCUT2D eigenvalue weighted by molar-refractivity contribution is 1.18. The fraction of sp³-hybridized carbons (Fsp3) is 0. The first-order valence-corrected chi connectivity index (χ1v) is 20.2. The zero-order valence-corrected chi connectivity index (χ0v) is 32.0. The minimum absolute atomic E-state index is 1.11. The normalized spacial score (nSPS) is 11.6. The molecule has 0 fully saturated rings. The molecule has 0 aliphatic rings. The highest BCUT2D eigenvalue weighted by atomic mass is 32.1. The van der Waals surface area contributed by atoms with Gasteiger partial charge < -0.3 is 9.47 Å². The number of fused-ring (bicyclic) bond motifs is 8. The fourth-order valence-corrected chi connectivity index (χ4v) is 9.73. The number of anilines is 3. The number of nitrogens with zero attached hydrogens (tertiary/aromatic N) is 2. The Morgan fingerprint density at radius 1 is 0.421 bits per heavy atom. The first kappa shape index (κ1) is 33.2. The van der Waals surface area contributed by atoms with E-state index in [1.54, 1.807) is 0 Å². The molecule has 0 bridgehead atoms. The molecule has 2 aromatic heterocycles. The Morgan fingerprint density at radius 3 is 1.70 bits per heavy atom. The number of rotatable bonds is 7. The van der Waals surface area contributed by atoms with Crippen molar-refractivity contribution in [2.24, 2.45) is 0 Å². The Balaban J connectivity index is 1.01. The largest absolute Gasteiger partial charge is 0.311 e. The Labute approximate surface area is 335 Å². The lowest BCUT2D eigenvalue weighted by atomic mass is 10.00. The summed E-state index contributed by atoms with van der Waals surface area (Å²) in [7, 11) is 0. The van der Waals surface area contributed by atoms with Crippen LogP contribution in [0.5, 0.6) is 0 Å². The summed E-state index contributed by atoms with van der Waals surface area (Å²) in [6.07, 6.45) is 1.88. The Morgan fingerprint density at radius 2 is 1.00 bits per heavy atom. The predicted octanol–water partition coefficient (Wildman–Crippen LogP) is 15.8. The summed E-state index contributed by atoms with van der Waals surface area (Å²) in [6.45, 7) is 3.89. The lowest BCUT2D eigenvalue weighted by Crippen LogP contribution is -2.09. The molecule has 0 unspecified atom stereocenters. The van der Waals surface area contributed by atoms with Gasteiger partial charge in [0.15, 0.2) is 0 Å². The van der Waals surface area contributed by atoms with Gasteiger partial charge in [-0.2, -0.15) is 0 Å². The van der Waals surface area contributed by atoms with Gasteiger partial charge in [-0.1, -0.05) is 134 Å². The number of aromatic nitrogens is 1. The number of benzene rings is 9. The number of thiophene rings is 1. The zero-order chi connectivity index (χ0) is 37.9. The van der Waals surface area contributed by atoms with E-state index in [-0.39, 0.29) is 0 Å². The monoisotopic (exact) mass is 744 g/mol. The van der Waals surface area contributed by atoms with Crippen LogP contribution >= 0.6 is 11.3 Å². The van der Waals surface area contributed by atoms with Gasteiger partial charge >= 0.3 is 0 Å². The molecule has 57 heavy (non-hydrogen) atoms. The van der Waals surface area contributed by atoms with Crippen LogP contribution in [0.1, 0.15) is 5.56 Å². The van der Waals surface area contributed by atoms with Gasteiger partial charge in [0, 0.05) is 59.1 Å². The molecule has 0 spiro atoms. The van der Waals surface area contributed by atoms with Crippen molar-refractivity contribution in [2.45, 2.75) is 0 Å². The molecule has 268 valence electrons. The number of hydrogen-bond acceptors (Lipinski definition) is 2. The second-order valence-electron chi connectivity index (χ2n) is 14.6. The third kappa shape index (κ3) is 5.63. The summed E-state index contributed by atoms with van der Waals surface area (Å²) in [5.74, 6) is 0. The molecule has 11 rings (SSSR count). The van der Waals surface area contributed by atoms with E-state index in [2.05, 4.69) is 216 Å². The highest BCUT2D eigenvalue weighted by Gasteiger charge is 2.18. The van der Waals surface area contributed by atoms with Crippen LogP contribution in [0.3, 0.4) is 0 Å². The van der Waals surface area contributed by atoms with Gasteiger partial charge in [0.25, 0.3) is 0 Å². The van der Waals surface area contributed by atoms with E-state index in [1.165, 1.54) is 75.0 Å². The van der Waals surface area contributed by atoms with E-state index in [0.717, 1.165) is 28.3 Å². The minimum Gasteiger partial charge on any atom is -0.311 e. The maximum Gasteiger partial charge on any atom is 0.0547 e. The minimum atomic E-state index is 1.11. The van der Waals surface area contributed by atoms with E-state index in [9.17, 15) is 0 Å². The molecular weight excluding hydrogens is 709 g/mol. The summed E-state index contributed by atoms with van der Waals surface area (Å²) in [5.41, 5.74) is 12.8. The highest BCUT2D eigenvalue weighted by Crippen LogP contribution is 2.43. The predicted molar refractivity (Wildman–Crippen MR) is 247 cm³/mol. The van der Waals surface area contributed by atoms with Crippen molar-refractivity contribution < 1.29 is 0 Å². The highest BCUT2D eigenvalue weighted by molar-refractivity contribution is 7.26. The zero-order valence-electron chi connectivity index (χ0n) is 31.1. The first-order chi connectivity index (χ1) is 28.2. The standard InChI is InChI=1S/C54H36N2S/c1-2-36-17-19-37(20-18-36)38-21-27-44(28-22-38)55(42-11-5-3-6-12-42)45-29-23-39(24-30-45)40-26-32-51-49(33-40)50-34-41-25-31-47-46-15-9-10-16-53(46)57-54(47)48(41)35-52(50)56(51)43-13-7-4-8-14-43/h2-35H,1H2. The van der Waals surface area contributed by atoms with Gasteiger partial charge in [0.1, 0.15) is 0 Å². The van der Waals surface area contributed by atoms with Crippen LogP contribution in [0, 0.1) is 0 Å². The molecule has 0 saturated heterocycles. The summed E-state index contributed by atoms with van der Waals surface area (Å²) < 4.78 is 5.11. The van der Waals surface area contributed by atoms with Gasteiger partial charge in [-0.05, 0) is 112 Å². The van der Waals surface area contributed by atoms with Crippen molar-refractivity contribution in [3.8, 4) is 27.9 Å². The van der Waals surface area contributed by atoms with Crippen molar-refractivity contribution in [1.82, 2.24) is 4.57 Å². The third-order valence-electron chi connectivity index (χ3n) is 11.3. The number of hydrogen-bond donors (Lipinski definition) is 0. The fourth-order valence-electron chi connectivity index (χ4n) is 8.50. The summed E-state index contributed by atoms with van der Waals surface area (Å²) in [5, 5.41) is 7.73. The van der Waals surface area contributed by atoms with E-state index >= 15 is 0 Å². The van der Waals surface area contributed by atoms with Gasteiger partial charge in [-0.3, -0.25) is 0 Å². The molecule has 0 N–H and O–H groups in total. The summed E-state index contributed by atoms with van der Waals surface area (Å²) in [6, 6.07) is 72.9. The molecule has 0 radical (unpaired) electrons. The van der Waals surface area contributed by atoms with Crippen LogP contribution in [-0.2, 0) is 0 Å². The molecule has 0 aliphatic heterocycles. The van der Waals surface area contributed by atoms with Crippen molar-refractivity contribution in [3.05, 3.63) is 212 Å². The van der Waals surface area contributed by atoms with Crippen molar-refractivity contribution in [2.75, 3.05) is 4.90 Å². The summed E-state index contributed by atoms with van der Waals surface area (Å²) >= 11 is 1.89. The Bertz CT molecular complexity index is 3270. The molecule has 2 heterocycles. The van der Waals surface area contributed by atoms with Gasteiger partial charge in [0.2, 0.25) is 0 Å². The number of para-hydroxylation sites is 2. The van der Waals surface area contributed by atoms with Crippen LogP contribution in [0.15, 0.2) is 207 Å². The molecular formula is C54H36N2S. The van der Waals surface area contributed by atoms with Gasteiger partial charge in [0.05, 0.1) is 11.0 Å². The second-order valence-corrected chi connectivity index (χ2v) is 15.7. The Hall–Kier alpha value is -7.20. The van der Waals surface area contributed by atoms with E-state index in [4.69, 9.17) is 0 Å². The molecule has 2 nitrogen and oxygen atoms in total. The SMILES string of the molecule is C=Cc1ccc(-c2ccc(N(c3ccccc3)c3ccc(-c4ccc5c(c4)c4cc6ccc7c8ccccc8sc7c6cc4n5-c4ccccc4)cc3)cc2)cc1. The molecule has 0 atom stereocenters. The molecule has 0 saturated carbocycles. The molecule has 9 aromatic carbocycles. The van der Waals surface area contributed by atoms with Gasteiger partial charge in [-0.25, -0.2) is 0 Å². The van der Waals surface area contributed by atoms with Crippen molar-refractivity contribution in [3.63, 3.8) is 0 Å². The van der Waals surface area contributed by atoms with Gasteiger partial charge in [-0.15, -0.1) is 11.3 Å². The lowest BCUT2D eigenvalue weighted by Gasteiger charge is -2.26. The summed E-state index contributed by atoms with van der Waals surface area (Å²) in [4.78, 5) is 2.32. The van der Waals surface area contributed by atoms with E-state index < -0.39 is 0 Å². The van der Waals surface area contributed by atoms with E-state index in [0.29, 0.717) is 0 Å². The first-order valence-electron chi connectivity index (χ1n) is 19.4. The quantitative estimate of drug-likeness (QED) is 0.158. The average molecular weight is 745 g/mol. The molecule has 0 aliphatic carbocycles. The maximum atomic E-state index is 3.89. The second kappa shape index (κ2) is 13.5. The molecule has 11 aromatic rings.